The maximum Gasteiger partial charge on any atom is 0.264 e. The Bertz CT molecular complexity index is 667. The van der Waals surface area contributed by atoms with Gasteiger partial charge in [-0.15, -0.1) is 0 Å². The molecule has 0 aliphatic rings. The smallest absolute Gasteiger partial charge is 0.264 e. The van der Waals surface area contributed by atoms with Crippen molar-refractivity contribution in [3.8, 4) is 11.5 Å². The average molecular weight is 400 g/mol. The van der Waals surface area contributed by atoms with Gasteiger partial charge in [0, 0.05) is 22.6 Å². The Morgan fingerprint density at radius 3 is 2.54 bits per heavy atom. The van der Waals surface area contributed by atoms with Gasteiger partial charge in [-0.3, -0.25) is 0 Å². The van der Waals surface area contributed by atoms with E-state index in [1.165, 1.54) is 12.1 Å². The number of hydrogen-bond acceptors (Lipinski definition) is 3. The average Bonchev–Trinajstić information content (AvgIpc) is 2.58. The lowest BCUT2D eigenvalue weighted by Gasteiger charge is -2.16. The van der Waals surface area contributed by atoms with Crippen molar-refractivity contribution in [3.05, 3.63) is 58.1 Å². The fraction of sp³-hybridized carbons (Fsp3) is 0.333. The van der Waals surface area contributed by atoms with Gasteiger partial charge < -0.3 is 14.8 Å². The molecule has 0 heterocycles. The number of methoxy groups -OCH3 is 1. The molecule has 130 valence electrons. The topological polar surface area (TPSA) is 30.5 Å². The first kappa shape index (κ1) is 18.7. The SMILES string of the molecule is COc1cccc([C@@H](C)NCCOc2cc(Br)cc(C(F)F)c2)c1. The molecule has 0 unspecified atom stereocenters. The number of hydrogen-bond donors (Lipinski definition) is 1. The van der Waals surface area contributed by atoms with E-state index in [-0.39, 0.29) is 11.6 Å². The lowest BCUT2D eigenvalue weighted by atomic mass is 10.1. The Labute approximate surface area is 149 Å². The molecule has 1 N–H and O–H groups in total. The summed E-state index contributed by atoms with van der Waals surface area (Å²) in [6.07, 6.45) is -2.52. The van der Waals surface area contributed by atoms with Gasteiger partial charge in [0.25, 0.3) is 6.43 Å². The maximum atomic E-state index is 12.8. The van der Waals surface area contributed by atoms with E-state index in [1.807, 2.05) is 31.2 Å². The van der Waals surface area contributed by atoms with Gasteiger partial charge in [0.05, 0.1) is 7.11 Å². The van der Waals surface area contributed by atoms with E-state index < -0.39 is 6.43 Å². The van der Waals surface area contributed by atoms with Gasteiger partial charge in [0.1, 0.15) is 18.1 Å². The van der Waals surface area contributed by atoms with Crippen LogP contribution >= 0.6 is 15.9 Å². The minimum atomic E-state index is -2.52. The van der Waals surface area contributed by atoms with E-state index in [4.69, 9.17) is 9.47 Å². The van der Waals surface area contributed by atoms with E-state index in [1.54, 1.807) is 13.2 Å². The van der Waals surface area contributed by atoms with E-state index in [0.717, 1.165) is 11.3 Å². The highest BCUT2D eigenvalue weighted by Crippen LogP contribution is 2.28. The molecule has 0 aliphatic heterocycles. The van der Waals surface area contributed by atoms with Crippen LogP contribution in [0.2, 0.25) is 0 Å². The van der Waals surface area contributed by atoms with Crippen molar-refractivity contribution in [3.63, 3.8) is 0 Å². The minimum absolute atomic E-state index is 0.0583. The van der Waals surface area contributed by atoms with Crippen molar-refractivity contribution in [2.45, 2.75) is 19.4 Å². The van der Waals surface area contributed by atoms with Crippen molar-refractivity contribution in [1.82, 2.24) is 5.32 Å². The monoisotopic (exact) mass is 399 g/mol. The number of alkyl halides is 2. The summed E-state index contributed by atoms with van der Waals surface area (Å²) < 4.78 is 36.9. The van der Waals surface area contributed by atoms with Crippen molar-refractivity contribution in [1.29, 1.82) is 0 Å². The van der Waals surface area contributed by atoms with Crippen molar-refractivity contribution >= 4 is 15.9 Å². The van der Waals surface area contributed by atoms with Gasteiger partial charge in [-0.1, -0.05) is 28.1 Å². The molecule has 2 rings (SSSR count). The van der Waals surface area contributed by atoms with Crippen molar-refractivity contribution in [2.75, 3.05) is 20.3 Å². The molecule has 0 fully saturated rings. The molecule has 0 aromatic heterocycles. The third-order valence-corrected chi connectivity index (χ3v) is 4.02. The zero-order chi connectivity index (χ0) is 17.5. The molecule has 0 aliphatic carbocycles. The second-order valence-corrected chi connectivity index (χ2v) is 6.24. The highest BCUT2D eigenvalue weighted by Gasteiger charge is 2.10. The molecule has 24 heavy (non-hydrogen) atoms. The predicted molar refractivity (Wildman–Crippen MR) is 94.0 cm³/mol. The molecule has 0 radical (unpaired) electrons. The van der Waals surface area contributed by atoms with Gasteiger partial charge in [-0.05, 0) is 42.8 Å². The molecule has 3 nitrogen and oxygen atoms in total. The third kappa shape index (κ3) is 5.46. The molecule has 2 aromatic carbocycles. The normalized spacial score (nSPS) is 12.2. The second-order valence-electron chi connectivity index (χ2n) is 5.32. The standard InChI is InChI=1S/C18H20BrF2NO2/c1-12(13-4-3-5-16(9-13)23-2)22-6-7-24-17-10-14(18(20)21)8-15(19)11-17/h3-5,8-12,18,22H,6-7H2,1-2H3/t12-/m1/s1. The Morgan fingerprint density at radius 2 is 1.83 bits per heavy atom. The lowest BCUT2D eigenvalue weighted by Crippen LogP contribution is -2.24. The van der Waals surface area contributed by atoms with Gasteiger partial charge in [-0.25, -0.2) is 8.78 Å². The summed E-state index contributed by atoms with van der Waals surface area (Å²) in [5, 5.41) is 3.33. The summed E-state index contributed by atoms with van der Waals surface area (Å²) >= 11 is 3.22. The highest BCUT2D eigenvalue weighted by molar-refractivity contribution is 9.10. The molecule has 0 amide bonds. The molecule has 2 aromatic rings. The first-order valence-corrected chi connectivity index (χ1v) is 8.37. The fourth-order valence-corrected chi connectivity index (χ4v) is 2.76. The minimum Gasteiger partial charge on any atom is -0.497 e. The zero-order valence-electron chi connectivity index (χ0n) is 13.6. The molecule has 0 spiro atoms. The highest BCUT2D eigenvalue weighted by atomic mass is 79.9. The summed E-state index contributed by atoms with van der Waals surface area (Å²) in [6, 6.07) is 12.4. The number of ether oxygens (including phenoxy) is 2. The quantitative estimate of drug-likeness (QED) is 0.624. The van der Waals surface area contributed by atoms with Crippen LogP contribution < -0.4 is 14.8 Å². The summed E-state index contributed by atoms with van der Waals surface area (Å²) in [6.45, 7) is 3.02. The van der Waals surface area contributed by atoms with Crippen LogP contribution in [-0.4, -0.2) is 20.3 Å². The number of nitrogens with one attached hydrogen (secondary N) is 1. The Hall–Kier alpha value is -1.66. The maximum absolute atomic E-state index is 12.8. The van der Waals surface area contributed by atoms with Gasteiger partial charge in [-0.2, -0.15) is 0 Å². The van der Waals surface area contributed by atoms with Gasteiger partial charge >= 0.3 is 0 Å². The van der Waals surface area contributed by atoms with Crippen molar-refractivity contribution < 1.29 is 18.3 Å². The molecule has 0 saturated carbocycles. The van der Waals surface area contributed by atoms with E-state index in [0.29, 0.717) is 23.4 Å². The molecule has 6 heteroatoms. The first-order chi connectivity index (χ1) is 11.5. The molecule has 0 bridgehead atoms. The lowest BCUT2D eigenvalue weighted by molar-refractivity contribution is 0.150. The van der Waals surface area contributed by atoms with Crippen LogP contribution in [0, 0.1) is 0 Å². The first-order valence-electron chi connectivity index (χ1n) is 7.58. The van der Waals surface area contributed by atoms with Crippen LogP contribution in [0.4, 0.5) is 8.78 Å². The van der Waals surface area contributed by atoms with E-state index in [9.17, 15) is 8.78 Å². The van der Waals surface area contributed by atoms with Crippen LogP contribution in [-0.2, 0) is 0 Å². The molecular formula is C18H20BrF2NO2. The van der Waals surface area contributed by atoms with Crippen LogP contribution in [0.25, 0.3) is 0 Å². The van der Waals surface area contributed by atoms with E-state index in [2.05, 4.69) is 21.2 Å². The van der Waals surface area contributed by atoms with Crippen LogP contribution in [0.3, 0.4) is 0 Å². The number of benzene rings is 2. The summed E-state index contributed by atoms with van der Waals surface area (Å²) in [5.74, 6) is 1.24. The van der Waals surface area contributed by atoms with Crippen LogP contribution in [0.1, 0.15) is 30.5 Å². The number of rotatable bonds is 8. The Kier molecular flexibility index (Phi) is 6.99. The largest absolute Gasteiger partial charge is 0.497 e. The number of halogens is 3. The summed E-state index contributed by atoms with van der Waals surface area (Å²) in [5.41, 5.74) is 1.05. The second kappa shape index (κ2) is 8.99. The molecule has 1 atom stereocenters. The molecule has 0 saturated heterocycles. The summed E-state index contributed by atoms with van der Waals surface area (Å²) in [4.78, 5) is 0. The van der Waals surface area contributed by atoms with Crippen molar-refractivity contribution in [2.24, 2.45) is 0 Å². The van der Waals surface area contributed by atoms with Crippen LogP contribution in [0.15, 0.2) is 46.9 Å². The molecular weight excluding hydrogens is 380 g/mol. The van der Waals surface area contributed by atoms with Crippen LogP contribution in [0.5, 0.6) is 11.5 Å². The Balaban J connectivity index is 1.84. The summed E-state index contributed by atoms with van der Waals surface area (Å²) in [7, 11) is 1.64. The van der Waals surface area contributed by atoms with Gasteiger partial charge in [0.2, 0.25) is 0 Å². The Morgan fingerprint density at radius 1 is 1.08 bits per heavy atom. The fourth-order valence-electron chi connectivity index (χ4n) is 2.27. The third-order valence-electron chi connectivity index (χ3n) is 3.56. The van der Waals surface area contributed by atoms with E-state index >= 15 is 0 Å². The van der Waals surface area contributed by atoms with Gasteiger partial charge in [0.15, 0.2) is 0 Å². The zero-order valence-corrected chi connectivity index (χ0v) is 15.1. The predicted octanol–water partition coefficient (Wildman–Crippen LogP) is 5.12.